The molecule has 0 spiro atoms. The van der Waals surface area contributed by atoms with Crippen LogP contribution in [0.2, 0.25) is 0 Å². The first kappa shape index (κ1) is 14.2. The van der Waals surface area contributed by atoms with E-state index < -0.39 is 7.12 Å². The molecule has 2 heterocycles. The van der Waals surface area contributed by atoms with Gasteiger partial charge in [-0.25, -0.2) is 4.98 Å². The second kappa shape index (κ2) is 5.55. The molecule has 1 aliphatic rings. The number of hydrogen-bond acceptors (Lipinski definition) is 6. The number of nitrogens with zero attached hydrogens (tertiary/aromatic N) is 1. The third-order valence-electron chi connectivity index (χ3n) is 3.41. The fourth-order valence-corrected chi connectivity index (χ4v) is 3.26. The monoisotopic (exact) mass is 304 g/mol. The topological polar surface area (TPSA) is 106 Å². The lowest BCUT2D eigenvalue weighted by Gasteiger charge is -2.15. The first-order valence-electron chi connectivity index (χ1n) is 6.45. The van der Waals surface area contributed by atoms with Crippen molar-refractivity contribution in [1.82, 2.24) is 9.97 Å². The first-order valence-corrected chi connectivity index (χ1v) is 7.61. The van der Waals surface area contributed by atoms with E-state index in [1.54, 1.807) is 11.8 Å². The van der Waals surface area contributed by atoms with Crippen molar-refractivity contribution in [3.8, 4) is 17.1 Å². The summed E-state index contributed by atoms with van der Waals surface area (Å²) in [5, 5.41) is 28.2. The lowest BCUT2D eigenvalue weighted by molar-refractivity contribution is 0.424. The molecule has 6 nitrogen and oxygen atoms in total. The van der Waals surface area contributed by atoms with Crippen molar-refractivity contribution in [1.29, 1.82) is 0 Å². The summed E-state index contributed by atoms with van der Waals surface area (Å²) in [5.74, 6) is 1.71. The van der Waals surface area contributed by atoms with Gasteiger partial charge in [0.2, 0.25) is 0 Å². The summed E-state index contributed by atoms with van der Waals surface area (Å²) >= 11 is 1.70. The molecule has 1 aromatic carbocycles. The number of aromatic hydroxyl groups is 1. The van der Waals surface area contributed by atoms with E-state index in [1.165, 1.54) is 18.2 Å². The van der Waals surface area contributed by atoms with Gasteiger partial charge in [-0.05, 0) is 29.8 Å². The van der Waals surface area contributed by atoms with Crippen LogP contribution in [0.1, 0.15) is 11.3 Å². The number of phenols is 1. The van der Waals surface area contributed by atoms with E-state index in [0.717, 1.165) is 17.9 Å². The van der Waals surface area contributed by atoms with Crippen LogP contribution >= 0.6 is 11.8 Å². The van der Waals surface area contributed by atoms with Crippen LogP contribution in [0.25, 0.3) is 11.4 Å². The zero-order valence-corrected chi connectivity index (χ0v) is 11.9. The fraction of sp³-hybridized carbons (Fsp3) is 0.231. The van der Waals surface area contributed by atoms with Crippen molar-refractivity contribution in [3.05, 3.63) is 39.8 Å². The van der Waals surface area contributed by atoms with E-state index in [-0.39, 0.29) is 16.8 Å². The van der Waals surface area contributed by atoms with Gasteiger partial charge in [-0.3, -0.25) is 4.79 Å². The van der Waals surface area contributed by atoms with Gasteiger partial charge in [0.15, 0.2) is 0 Å². The summed E-state index contributed by atoms with van der Waals surface area (Å²) in [6.45, 7) is 0. The molecule has 0 bridgehead atoms. The average Bonchev–Trinajstić information content (AvgIpc) is 2.47. The molecule has 0 saturated heterocycles. The Bertz CT molecular complexity index is 747. The average molecular weight is 304 g/mol. The van der Waals surface area contributed by atoms with Crippen molar-refractivity contribution >= 4 is 24.3 Å². The fourth-order valence-electron chi connectivity index (χ4n) is 2.28. The van der Waals surface area contributed by atoms with Crippen molar-refractivity contribution in [2.45, 2.75) is 12.2 Å². The number of aromatic amines is 1. The maximum Gasteiger partial charge on any atom is 0.488 e. The van der Waals surface area contributed by atoms with Crippen molar-refractivity contribution in [3.63, 3.8) is 0 Å². The van der Waals surface area contributed by atoms with Gasteiger partial charge in [-0.2, -0.15) is 11.8 Å². The van der Waals surface area contributed by atoms with Crippen LogP contribution in [0.4, 0.5) is 0 Å². The molecule has 0 radical (unpaired) electrons. The van der Waals surface area contributed by atoms with E-state index in [1.807, 2.05) is 0 Å². The number of nitrogens with one attached hydrogen (secondary N) is 1. The maximum absolute atomic E-state index is 12.1. The Kier molecular flexibility index (Phi) is 3.75. The number of rotatable bonds is 2. The number of H-pyrrole nitrogens is 1. The lowest BCUT2D eigenvalue weighted by atomic mass is 9.80. The number of fused-ring (bicyclic) bond motifs is 1. The van der Waals surface area contributed by atoms with E-state index >= 15 is 0 Å². The van der Waals surface area contributed by atoms with Crippen LogP contribution in [-0.2, 0) is 12.2 Å². The number of aromatic nitrogens is 2. The molecule has 2 aromatic rings. The number of phenolic OH excluding ortho intramolecular Hbond substituents is 1. The quantitative estimate of drug-likeness (QED) is 0.563. The van der Waals surface area contributed by atoms with Gasteiger partial charge in [-0.15, -0.1) is 0 Å². The highest BCUT2D eigenvalue weighted by Crippen LogP contribution is 2.27. The third kappa shape index (κ3) is 2.69. The first-order chi connectivity index (χ1) is 10.1. The highest BCUT2D eigenvalue weighted by atomic mass is 32.2. The van der Waals surface area contributed by atoms with Gasteiger partial charge in [0.05, 0.1) is 11.3 Å². The molecule has 0 unspecified atom stereocenters. The Balaban J connectivity index is 2.09. The number of hydrogen-bond donors (Lipinski definition) is 4. The minimum Gasteiger partial charge on any atom is -0.507 e. The largest absolute Gasteiger partial charge is 0.507 e. The highest BCUT2D eigenvalue weighted by Gasteiger charge is 2.19. The van der Waals surface area contributed by atoms with E-state index in [9.17, 15) is 9.90 Å². The van der Waals surface area contributed by atoms with Gasteiger partial charge in [-0.1, -0.05) is 6.07 Å². The van der Waals surface area contributed by atoms with E-state index in [0.29, 0.717) is 22.7 Å². The summed E-state index contributed by atoms with van der Waals surface area (Å²) in [4.78, 5) is 19.2. The van der Waals surface area contributed by atoms with Crippen LogP contribution in [0.3, 0.4) is 0 Å². The maximum atomic E-state index is 12.1. The normalized spacial score (nSPS) is 13.8. The molecule has 0 fully saturated rings. The molecule has 0 amide bonds. The highest BCUT2D eigenvalue weighted by molar-refractivity contribution is 7.98. The molecule has 1 aromatic heterocycles. The van der Waals surface area contributed by atoms with Gasteiger partial charge >= 0.3 is 7.12 Å². The number of aryl methyl sites for hydroxylation is 1. The summed E-state index contributed by atoms with van der Waals surface area (Å²) in [7, 11) is -1.66. The Morgan fingerprint density at radius 2 is 2.14 bits per heavy atom. The Morgan fingerprint density at radius 1 is 1.33 bits per heavy atom. The Labute approximate surface area is 125 Å². The van der Waals surface area contributed by atoms with Crippen LogP contribution in [0.15, 0.2) is 23.0 Å². The molecule has 0 atom stereocenters. The minimum absolute atomic E-state index is 0.158. The van der Waals surface area contributed by atoms with Crippen LogP contribution in [0.5, 0.6) is 5.75 Å². The van der Waals surface area contributed by atoms with Crippen molar-refractivity contribution in [2.24, 2.45) is 0 Å². The van der Waals surface area contributed by atoms with Crippen LogP contribution < -0.4 is 11.0 Å². The van der Waals surface area contributed by atoms with Gasteiger partial charge in [0, 0.05) is 11.3 Å². The molecule has 108 valence electrons. The van der Waals surface area contributed by atoms with Gasteiger partial charge in [0.1, 0.15) is 11.6 Å². The third-order valence-corrected chi connectivity index (χ3v) is 4.39. The zero-order chi connectivity index (χ0) is 15.0. The van der Waals surface area contributed by atoms with Crippen LogP contribution in [-0.4, -0.2) is 38.0 Å². The minimum atomic E-state index is -1.66. The second-order valence-corrected chi connectivity index (χ2v) is 5.90. The molecular formula is C13H13BN2O4S. The van der Waals surface area contributed by atoms with Gasteiger partial charge in [0.25, 0.3) is 5.56 Å². The molecule has 3 rings (SSSR count). The van der Waals surface area contributed by atoms with E-state index in [2.05, 4.69) is 9.97 Å². The zero-order valence-electron chi connectivity index (χ0n) is 11.0. The van der Waals surface area contributed by atoms with Gasteiger partial charge < -0.3 is 20.1 Å². The summed E-state index contributed by atoms with van der Waals surface area (Å²) in [6, 6.07) is 4.22. The number of thioether (sulfide) groups is 1. The Morgan fingerprint density at radius 3 is 2.86 bits per heavy atom. The molecule has 4 N–H and O–H groups in total. The SMILES string of the molecule is O=c1[nH]c(-c2ccc(B(O)O)cc2O)nc2c1CSCC2. The molecule has 0 saturated carbocycles. The molecule has 21 heavy (non-hydrogen) atoms. The predicted molar refractivity (Wildman–Crippen MR) is 81.7 cm³/mol. The second-order valence-electron chi connectivity index (χ2n) is 4.79. The van der Waals surface area contributed by atoms with Crippen molar-refractivity contribution in [2.75, 3.05) is 5.75 Å². The summed E-state index contributed by atoms with van der Waals surface area (Å²) < 4.78 is 0. The number of benzene rings is 1. The predicted octanol–water partition coefficient (Wildman–Crippen LogP) is -0.388. The molecule has 1 aliphatic heterocycles. The lowest BCUT2D eigenvalue weighted by Crippen LogP contribution is -2.29. The summed E-state index contributed by atoms with van der Waals surface area (Å²) in [6.07, 6.45) is 0.727. The van der Waals surface area contributed by atoms with Crippen molar-refractivity contribution < 1.29 is 15.2 Å². The standard InChI is InChI=1S/C13H13BN2O4S/c17-11-5-7(14(19)20)1-2-8(11)12-15-10-3-4-21-6-9(10)13(18)16-12/h1-2,5,17,19-20H,3-4,6H2,(H,15,16,18). The molecular weight excluding hydrogens is 291 g/mol. The smallest absolute Gasteiger partial charge is 0.488 e. The van der Waals surface area contributed by atoms with Crippen LogP contribution in [0, 0.1) is 0 Å². The Hall–Kier alpha value is -1.77. The molecule has 0 aliphatic carbocycles. The van der Waals surface area contributed by atoms with E-state index in [4.69, 9.17) is 10.0 Å². The summed E-state index contributed by atoms with van der Waals surface area (Å²) in [5.41, 5.74) is 1.80. The molecule has 8 heteroatoms.